The highest BCUT2D eigenvalue weighted by molar-refractivity contribution is 7.84. The molecule has 6 rings (SSSR count). The lowest BCUT2D eigenvalue weighted by Gasteiger charge is -2.44. The van der Waals surface area contributed by atoms with Crippen molar-refractivity contribution in [2.75, 3.05) is 18.0 Å². The van der Waals surface area contributed by atoms with Crippen LogP contribution >= 0.6 is 23.2 Å². The van der Waals surface area contributed by atoms with E-state index in [0.29, 0.717) is 16.5 Å². The van der Waals surface area contributed by atoms with Gasteiger partial charge in [0.1, 0.15) is 17.0 Å². The predicted octanol–water partition coefficient (Wildman–Crippen LogP) is 6.32. The van der Waals surface area contributed by atoms with Gasteiger partial charge in [0.05, 0.1) is 31.5 Å². The van der Waals surface area contributed by atoms with Gasteiger partial charge >= 0.3 is 0 Å². The number of nitrogens with two attached hydrogens (primary N) is 1. The molecule has 2 atom stereocenters. The molecule has 2 N–H and O–H groups in total. The lowest BCUT2D eigenvalue weighted by Crippen LogP contribution is -2.51. The summed E-state index contributed by atoms with van der Waals surface area (Å²) in [6, 6.07) is 13.8. The maximum absolute atomic E-state index is 12.4. The first kappa shape index (κ1) is 26.6. The summed E-state index contributed by atoms with van der Waals surface area (Å²) < 4.78 is 20.6. The van der Waals surface area contributed by atoms with E-state index < -0.39 is 15.7 Å². The number of nitrogens with zero attached hydrogens (tertiary/aromatic N) is 4. The molecule has 2 aliphatic heterocycles. The lowest BCUT2D eigenvalue weighted by molar-refractivity contribution is 0.0363. The van der Waals surface area contributed by atoms with Crippen molar-refractivity contribution >= 4 is 45.8 Å². The fourth-order valence-electron chi connectivity index (χ4n) is 6.15. The van der Waals surface area contributed by atoms with Crippen molar-refractivity contribution in [2.45, 2.75) is 56.3 Å². The van der Waals surface area contributed by atoms with Gasteiger partial charge in [-0.2, -0.15) is 0 Å². The minimum Gasteiger partial charge on any atom is -0.486 e. The zero-order chi connectivity index (χ0) is 27.5. The van der Waals surface area contributed by atoms with Crippen molar-refractivity contribution < 1.29 is 8.95 Å². The number of aryl methyl sites for hydroxylation is 1. The van der Waals surface area contributed by atoms with E-state index in [1.54, 1.807) is 12.3 Å². The third-order valence-electron chi connectivity index (χ3n) is 8.31. The summed E-state index contributed by atoms with van der Waals surface area (Å²) in [5.41, 5.74) is 4.11. The van der Waals surface area contributed by atoms with Crippen molar-refractivity contribution in [3.63, 3.8) is 0 Å². The van der Waals surface area contributed by atoms with Crippen LogP contribution in [0.15, 0.2) is 54.9 Å². The number of hydrogen-bond donors (Lipinski definition) is 1. The largest absolute Gasteiger partial charge is 0.486 e. The van der Waals surface area contributed by atoms with Crippen LogP contribution in [-0.4, -0.2) is 42.0 Å². The van der Waals surface area contributed by atoms with E-state index in [2.05, 4.69) is 16.0 Å². The molecule has 4 aromatic rings. The molecular weight excluding hydrogens is 553 g/mol. The van der Waals surface area contributed by atoms with E-state index >= 15 is 0 Å². The van der Waals surface area contributed by atoms with E-state index in [1.807, 2.05) is 61.7 Å². The first-order valence-electron chi connectivity index (χ1n) is 13.1. The van der Waals surface area contributed by atoms with Crippen molar-refractivity contribution in [3.8, 4) is 16.9 Å². The maximum atomic E-state index is 12.4. The zero-order valence-corrected chi connectivity index (χ0v) is 24.5. The van der Waals surface area contributed by atoms with Crippen LogP contribution in [0.1, 0.15) is 50.3 Å². The number of ether oxygens (including phenoxy) is 1. The Kier molecular flexibility index (Phi) is 6.65. The molecule has 0 saturated carbocycles. The number of piperidine rings is 1. The molecule has 1 fully saturated rings. The summed E-state index contributed by atoms with van der Waals surface area (Å²) in [5.74, 6) is 1.86. The molecule has 0 aliphatic carbocycles. The van der Waals surface area contributed by atoms with Crippen molar-refractivity contribution in [1.82, 2.24) is 14.4 Å². The van der Waals surface area contributed by atoms with Gasteiger partial charge < -0.3 is 9.64 Å². The van der Waals surface area contributed by atoms with Gasteiger partial charge in [0.2, 0.25) is 5.95 Å². The molecule has 4 heterocycles. The fourth-order valence-corrected chi connectivity index (χ4v) is 6.87. The van der Waals surface area contributed by atoms with Crippen LogP contribution in [0.25, 0.3) is 16.8 Å². The van der Waals surface area contributed by atoms with Gasteiger partial charge in [0.15, 0.2) is 0 Å². The minimum atomic E-state index is -1.45. The predicted molar refractivity (Wildman–Crippen MR) is 158 cm³/mol. The molecule has 39 heavy (non-hydrogen) atoms. The lowest BCUT2D eigenvalue weighted by atomic mass is 9.73. The Morgan fingerprint density at radius 2 is 1.90 bits per heavy atom. The van der Waals surface area contributed by atoms with Gasteiger partial charge in [0, 0.05) is 60.9 Å². The molecule has 2 aromatic heterocycles. The van der Waals surface area contributed by atoms with E-state index in [0.717, 1.165) is 60.1 Å². The summed E-state index contributed by atoms with van der Waals surface area (Å²) in [4.78, 5) is 12.0. The minimum absolute atomic E-state index is 0.105. The van der Waals surface area contributed by atoms with Gasteiger partial charge in [-0.05, 0) is 39.3 Å². The number of benzene rings is 2. The number of anilines is 1. The zero-order valence-electron chi connectivity index (χ0n) is 22.2. The Morgan fingerprint density at radius 3 is 2.64 bits per heavy atom. The number of fused-ring (bicyclic) bond motifs is 2. The molecule has 0 bridgehead atoms. The number of imidazole rings is 1. The number of para-hydroxylation sites is 1. The van der Waals surface area contributed by atoms with E-state index in [1.165, 1.54) is 5.56 Å². The topological polar surface area (TPSA) is 85.8 Å². The van der Waals surface area contributed by atoms with Gasteiger partial charge in [-0.25, -0.2) is 14.2 Å². The van der Waals surface area contributed by atoms with Crippen molar-refractivity contribution in [2.24, 2.45) is 5.14 Å². The van der Waals surface area contributed by atoms with Crippen molar-refractivity contribution in [3.05, 3.63) is 76.2 Å². The Hall–Kier alpha value is -2.65. The molecule has 10 heteroatoms. The second kappa shape index (κ2) is 9.77. The normalized spacial score (nSPS) is 19.3. The monoisotopic (exact) mass is 583 g/mol. The van der Waals surface area contributed by atoms with Gasteiger partial charge in [0.25, 0.3) is 0 Å². The smallest absolute Gasteiger partial charge is 0.211 e. The molecule has 0 radical (unpaired) electrons. The number of halogens is 2. The number of aromatic nitrogens is 3. The maximum Gasteiger partial charge on any atom is 0.211 e. The average molecular weight is 585 g/mol. The van der Waals surface area contributed by atoms with Gasteiger partial charge in [-0.1, -0.05) is 53.5 Å². The van der Waals surface area contributed by atoms with Crippen LogP contribution in [0.4, 0.5) is 5.95 Å². The second-order valence-electron chi connectivity index (χ2n) is 11.1. The second-order valence-corrected chi connectivity index (χ2v) is 13.6. The van der Waals surface area contributed by atoms with Gasteiger partial charge in [-0.3, -0.25) is 9.54 Å². The highest BCUT2D eigenvalue weighted by Gasteiger charge is 2.52. The van der Waals surface area contributed by atoms with Crippen LogP contribution in [-0.2, 0) is 11.0 Å². The third-order valence-corrected chi connectivity index (χ3v) is 10.4. The van der Waals surface area contributed by atoms with Crippen molar-refractivity contribution in [1.29, 1.82) is 0 Å². The summed E-state index contributed by atoms with van der Waals surface area (Å²) >= 11 is 12.9. The van der Waals surface area contributed by atoms with E-state index in [-0.39, 0.29) is 11.5 Å². The summed E-state index contributed by atoms with van der Waals surface area (Å²) in [7, 11) is -1.45. The van der Waals surface area contributed by atoms with Gasteiger partial charge in [-0.15, -0.1) is 0 Å². The molecule has 1 spiro atoms. The molecule has 7 nitrogen and oxygen atoms in total. The highest BCUT2D eigenvalue weighted by atomic mass is 35.5. The van der Waals surface area contributed by atoms with Crippen LogP contribution in [0, 0.1) is 6.92 Å². The summed E-state index contributed by atoms with van der Waals surface area (Å²) in [5, 5.41) is 6.89. The highest BCUT2D eigenvalue weighted by Crippen LogP contribution is 2.53. The number of rotatable bonds is 5. The summed E-state index contributed by atoms with van der Waals surface area (Å²) in [6.45, 7) is 7.45. The molecule has 1 unspecified atom stereocenters. The standard InChI is InChI=1S/C29H31Cl2N5O2S/c1-18-24(20-8-6-9-22(30)25(20)31)26-33-13-16-36(26)27(34-18)35-14-11-29(12-15-35)21(17-28(2,3)39(32)37)19-7-4-5-10-23(19)38-29/h4-10,13,16,21H,11-12,14-15,17,32H2,1-3H3/t21-,39?/m1/s1. The Balaban J connectivity index is 1.33. The first-order valence-corrected chi connectivity index (χ1v) is 15.1. The van der Waals surface area contributed by atoms with Crippen LogP contribution in [0.5, 0.6) is 5.75 Å². The molecule has 204 valence electrons. The Labute approximate surface area is 240 Å². The Morgan fingerprint density at radius 1 is 1.15 bits per heavy atom. The fraction of sp³-hybridized carbons (Fsp3) is 0.379. The van der Waals surface area contributed by atoms with Crippen LogP contribution in [0.3, 0.4) is 0 Å². The summed E-state index contributed by atoms with van der Waals surface area (Å²) in [6.07, 6.45) is 6.02. The Bertz CT molecular complexity index is 1600. The van der Waals surface area contributed by atoms with Crippen LogP contribution in [0.2, 0.25) is 10.0 Å². The first-order chi connectivity index (χ1) is 18.6. The number of hydrogen-bond acceptors (Lipinski definition) is 5. The molecular formula is C29H31Cl2N5O2S. The van der Waals surface area contributed by atoms with E-state index in [9.17, 15) is 4.21 Å². The molecule has 1 saturated heterocycles. The van der Waals surface area contributed by atoms with Crippen LogP contribution < -0.4 is 14.8 Å². The SMILES string of the molecule is Cc1nc(N2CCC3(CC2)Oc2ccccc2[C@H]3CC(C)(C)S(N)=O)n2ccnc2c1-c1cccc(Cl)c1Cl. The average Bonchev–Trinajstić information content (AvgIpc) is 3.50. The van der Waals surface area contributed by atoms with E-state index in [4.69, 9.17) is 38.1 Å². The molecule has 2 aromatic carbocycles. The third kappa shape index (κ3) is 4.42. The molecule has 2 aliphatic rings. The molecule has 0 amide bonds. The quantitative estimate of drug-likeness (QED) is 0.297.